The van der Waals surface area contributed by atoms with Crippen molar-refractivity contribution < 1.29 is 0 Å². The SMILES string of the molecule is Cc1cc(-n2sc3ncccc3c2=O)ccn1. The third-order valence-electron chi connectivity index (χ3n) is 2.48. The summed E-state index contributed by atoms with van der Waals surface area (Å²) in [4.78, 5) is 21.2. The van der Waals surface area contributed by atoms with Gasteiger partial charge in [-0.3, -0.25) is 9.78 Å². The number of aryl methyl sites for hydroxylation is 1. The van der Waals surface area contributed by atoms with Gasteiger partial charge in [0.05, 0.1) is 11.1 Å². The van der Waals surface area contributed by atoms with E-state index in [1.165, 1.54) is 11.5 Å². The molecule has 4 nitrogen and oxygen atoms in total. The van der Waals surface area contributed by atoms with Gasteiger partial charge in [-0.1, -0.05) is 0 Å². The molecule has 0 atom stereocenters. The van der Waals surface area contributed by atoms with E-state index in [1.807, 2.05) is 19.1 Å². The maximum Gasteiger partial charge on any atom is 0.274 e. The molecule has 0 saturated carbocycles. The van der Waals surface area contributed by atoms with Gasteiger partial charge in [0.15, 0.2) is 0 Å². The van der Waals surface area contributed by atoms with Crippen molar-refractivity contribution in [1.82, 2.24) is 13.9 Å². The van der Waals surface area contributed by atoms with E-state index in [0.29, 0.717) is 5.39 Å². The fourth-order valence-electron chi connectivity index (χ4n) is 1.69. The first-order chi connectivity index (χ1) is 8.25. The summed E-state index contributed by atoms with van der Waals surface area (Å²) in [7, 11) is 0. The van der Waals surface area contributed by atoms with Gasteiger partial charge < -0.3 is 0 Å². The molecule has 3 aromatic heterocycles. The quantitative estimate of drug-likeness (QED) is 0.658. The van der Waals surface area contributed by atoms with Gasteiger partial charge in [-0.05, 0) is 42.7 Å². The van der Waals surface area contributed by atoms with Crippen LogP contribution in [0.3, 0.4) is 0 Å². The molecule has 84 valence electrons. The van der Waals surface area contributed by atoms with Crippen molar-refractivity contribution in [2.45, 2.75) is 6.92 Å². The molecule has 0 spiro atoms. The lowest BCUT2D eigenvalue weighted by Gasteiger charge is -1.99. The van der Waals surface area contributed by atoms with Crippen LogP contribution in [0.5, 0.6) is 0 Å². The van der Waals surface area contributed by atoms with E-state index in [-0.39, 0.29) is 5.56 Å². The summed E-state index contributed by atoms with van der Waals surface area (Å²) in [6, 6.07) is 7.28. The lowest BCUT2D eigenvalue weighted by atomic mass is 10.3. The fourth-order valence-corrected chi connectivity index (χ4v) is 2.63. The average Bonchev–Trinajstić information content (AvgIpc) is 2.68. The maximum absolute atomic E-state index is 12.2. The van der Waals surface area contributed by atoms with E-state index in [2.05, 4.69) is 9.97 Å². The Bertz CT molecular complexity index is 745. The molecule has 0 bridgehead atoms. The van der Waals surface area contributed by atoms with E-state index in [9.17, 15) is 4.79 Å². The smallest absolute Gasteiger partial charge is 0.267 e. The lowest BCUT2D eigenvalue weighted by Crippen LogP contribution is -2.10. The molecule has 0 aromatic carbocycles. The van der Waals surface area contributed by atoms with Crippen LogP contribution in [-0.2, 0) is 0 Å². The summed E-state index contributed by atoms with van der Waals surface area (Å²) >= 11 is 1.35. The van der Waals surface area contributed by atoms with Crippen molar-refractivity contribution in [1.29, 1.82) is 0 Å². The monoisotopic (exact) mass is 243 g/mol. The van der Waals surface area contributed by atoms with Crippen LogP contribution in [0, 0.1) is 6.92 Å². The Morgan fingerprint density at radius 1 is 1.24 bits per heavy atom. The van der Waals surface area contributed by atoms with Crippen LogP contribution in [0.25, 0.3) is 15.9 Å². The summed E-state index contributed by atoms with van der Waals surface area (Å²) in [5.74, 6) is 0. The largest absolute Gasteiger partial charge is 0.274 e. The number of fused-ring (bicyclic) bond motifs is 1. The Morgan fingerprint density at radius 2 is 2.12 bits per heavy atom. The van der Waals surface area contributed by atoms with Gasteiger partial charge in [0.1, 0.15) is 4.83 Å². The van der Waals surface area contributed by atoms with Crippen molar-refractivity contribution in [3.05, 3.63) is 52.7 Å². The number of pyridine rings is 2. The third kappa shape index (κ3) is 1.64. The van der Waals surface area contributed by atoms with Crippen LogP contribution >= 0.6 is 11.5 Å². The first-order valence-electron chi connectivity index (χ1n) is 5.16. The number of rotatable bonds is 1. The highest BCUT2D eigenvalue weighted by atomic mass is 32.1. The summed E-state index contributed by atoms with van der Waals surface area (Å²) in [6.45, 7) is 1.90. The number of hydrogen-bond acceptors (Lipinski definition) is 4. The molecule has 0 aliphatic carbocycles. The number of nitrogens with zero attached hydrogens (tertiary/aromatic N) is 3. The van der Waals surface area contributed by atoms with Crippen molar-refractivity contribution in [3.8, 4) is 5.69 Å². The molecule has 5 heteroatoms. The van der Waals surface area contributed by atoms with E-state index in [0.717, 1.165) is 16.2 Å². The molecule has 0 aliphatic rings. The highest BCUT2D eigenvalue weighted by Gasteiger charge is 2.09. The van der Waals surface area contributed by atoms with Crippen molar-refractivity contribution in [3.63, 3.8) is 0 Å². The Balaban J connectivity index is 2.31. The van der Waals surface area contributed by atoms with Crippen LogP contribution in [0.1, 0.15) is 5.69 Å². The van der Waals surface area contributed by atoms with Crippen LogP contribution < -0.4 is 5.56 Å². The fraction of sp³-hybridized carbons (Fsp3) is 0.0833. The highest BCUT2D eigenvalue weighted by molar-refractivity contribution is 7.13. The number of hydrogen-bond donors (Lipinski definition) is 0. The van der Waals surface area contributed by atoms with Gasteiger partial charge in [0.2, 0.25) is 0 Å². The van der Waals surface area contributed by atoms with Crippen LogP contribution in [-0.4, -0.2) is 13.9 Å². The predicted molar refractivity (Wildman–Crippen MR) is 67.7 cm³/mol. The Kier molecular flexibility index (Phi) is 2.26. The van der Waals surface area contributed by atoms with Crippen LogP contribution in [0.2, 0.25) is 0 Å². The van der Waals surface area contributed by atoms with Gasteiger partial charge >= 0.3 is 0 Å². The topological polar surface area (TPSA) is 47.8 Å². The highest BCUT2D eigenvalue weighted by Crippen LogP contribution is 2.17. The minimum atomic E-state index is -0.0244. The lowest BCUT2D eigenvalue weighted by molar-refractivity contribution is 1.10. The summed E-state index contributed by atoms with van der Waals surface area (Å²) < 4.78 is 1.65. The maximum atomic E-state index is 12.2. The summed E-state index contributed by atoms with van der Waals surface area (Å²) in [5, 5.41) is 0.659. The predicted octanol–water partition coefficient (Wildman–Crippen LogP) is 2.15. The minimum Gasteiger partial charge on any atom is -0.267 e. The molecule has 0 unspecified atom stereocenters. The van der Waals surface area contributed by atoms with Crippen LogP contribution in [0.4, 0.5) is 0 Å². The van der Waals surface area contributed by atoms with Crippen molar-refractivity contribution >= 4 is 21.7 Å². The first-order valence-corrected chi connectivity index (χ1v) is 5.93. The van der Waals surface area contributed by atoms with E-state index in [1.54, 1.807) is 28.5 Å². The summed E-state index contributed by atoms with van der Waals surface area (Å²) in [6.07, 6.45) is 3.40. The zero-order valence-corrected chi connectivity index (χ0v) is 9.94. The first kappa shape index (κ1) is 10.2. The molecule has 3 rings (SSSR count). The molecular weight excluding hydrogens is 234 g/mol. The number of aromatic nitrogens is 3. The molecule has 17 heavy (non-hydrogen) atoms. The molecule has 0 N–H and O–H groups in total. The van der Waals surface area contributed by atoms with Crippen molar-refractivity contribution in [2.24, 2.45) is 0 Å². The molecule has 3 heterocycles. The summed E-state index contributed by atoms with van der Waals surface area (Å²) in [5.41, 5.74) is 1.70. The standard InChI is InChI=1S/C12H9N3OS/c1-8-7-9(4-6-13-8)15-12(16)10-3-2-5-14-11(10)17-15/h2-7H,1H3. The normalized spacial score (nSPS) is 10.9. The molecule has 0 fully saturated rings. The van der Waals surface area contributed by atoms with Crippen LogP contribution in [0.15, 0.2) is 41.5 Å². The van der Waals surface area contributed by atoms with Crippen molar-refractivity contribution in [2.75, 3.05) is 0 Å². The third-order valence-corrected chi connectivity index (χ3v) is 3.54. The molecule has 0 radical (unpaired) electrons. The average molecular weight is 243 g/mol. The van der Waals surface area contributed by atoms with Gasteiger partial charge in [-0.2, -0.15) is 0 Å². The molecule has 0 saturated heterocycles. The second-order valence-electron chi connectivity index (χ2n) is 3.70. The Morgan fingerprint density at radius 3 is 2.88 bits per heavy atom. The zero-order chi connectivity index (χ0) is 11.8. The van der Waals surface area contributed by atoms with Gasteiger partial charge in [0, 0.05) is 18.1 Å². The van der Waals surface area contributed by atoms with E-state index >= 15 is 0 Å². The Hall–Kier alpha value is -2.01. The second-order valence-corrected chi connectivity index (χ2v) is 4.64. The molecule has 0 aliphatic heterocycles. The second kappa shape index (κ2) is 3.78. The Labute approximate surface area is 101 Å². The van der Waals surface area contributed by atoms with Gasteiger partial charge in [0.25, 0.3) is 5.56 Å². The minimum absolute atomic E-state index is 0.0244. The van der Waals surface area contributed by atoms with E-state index in [4.69, 9.17) is 0 Å². The molecule has 3 aromatic rings. The molecule has 0 amide bonds. The van der Waals surface area contributed by atoms with E-state index < -0.39 is 0 Å². The van der Waals surface area contributed by atoms with Gasteiger partial charge in [-0.15, -0.1) is 0 Å². The zero-order valence-electron chi connectivity index (χ0n) is 9.12. The molecular formula is C12H9N3OS. The van der Waals surface area contributed by atoms with Gasteiger partial charge in [-0.25, -0.2) is 8.94 Å².